The van der Waals surface area contributed by atoms with Gasteiger partial charge in [0.2, 0.25) is 0 Å². The molecule has 0 amide bonds. The zero-order valence-electron chi connectivity index (χ0n) is 21.1. The van der Waals surface area contributed by atoms with E-state index in [0.29, 0.717) is 27.7 Å². The summed E-state index contributed by atoms with van der Waals surface area (Å²) in [7, 11) is 0. The maximum atomic E-state index is 13.7. The van der Waals surface area contributed by atoms with E-state index in [4.69, 9.17) is 4.74 Å². The number of carbonyl (C=O) groups excluding carboxylic acids is 2. The van der Waals surface area contributed by atoms with Crippen LogP contribution in [0.25, 0.3) is 5.69 Å². The van der Waals surface area contributed by atoms with E-state index in [0.717, 1.165) is 37.4 Å². The fourth-order valence-corrected chi connectivity index (χ4v) is 5.52. The Morgan fingerprint density at radius 1 is 1.14 bits per heavy atom. The maximum absolute atomic E-state index is 13.7. The lowest BCUT2D eigenvalue weighted by Gasteiger charge is -2.31. The Morgan fingerprint density at radius 2 is 1.83 bits per heavy atom. The van der Waals surface area contributed by atoms with Gasteiger partial charge in [0.25, 0.3) is 0 Å². The molecule has 192 valence electrons. The third kappa shape index (κ3) is 5.39. The van der Waals surface area contributed by atoms with Crippen molar-refractivity contribution >= 4 is 23.5 Å². The van der Waals surface area contributed by atoms with Crippen LogP contribution in [0, 0.1) is 19.7 Å². The van der Waals surface area contributed by atoms with Crippen LogP contribution in [0.1, 0.15) is 77.1 Å². The summed E-state index contributed by atoms with van der Waals surface area (Å²) < 4.78 is 20.7. The first kappa shape index (κ1) is 26.1. The number of likely N-dealkylation sites (tertiary alicyclic amines) is 1. The van der Waals surface area contributed by atoms with Crippen LogP contribution in [0.15, 0.2) is 29.4 Å². The van der Waals surface area contributed by atoms with Gasteiger partial charge in [-0.25, -0.2) is 9.18 Å². The smallest absolute Gasteiger partial charge is 0.340 e. The van der Waals surface area contributed by atoms with Crippen molar-refractivity contribution in [1.82, 2.24) is 24.6 Å². The van der Waals surface area contributed by atoms with Gasteiger partial charge in [-0.2, -0.15) is 0 Å². The first-order chi connectivity index (χ1) is 17.3. The van der Waals surface area contributed by atoms with E-state index in [1.807, 2.05) is 4.57 Å². The second-order valence-corrected chi connectivity index (χ2v) is 9.93. The van der Waals surface area contributed by atoms with E-state index in [2.05, 4.69) is 27.0 Å². The highest BCUT2D eigenvalue weighted by Gasteiger charge is 2.27. The van der Waals surface area contributed by atoms with Gasteiger partial charge in [0.05, 0.1) is 29.7 Å². The van der Waals surface area contributed by atoms with Crippen LogP contribution in [0.3, 0.4) is 0 Å². The molecule has 8 nitrogen and oxygen atoms in total. The highest BCUT2D eigenvalue weighted by atomic mass is 32.2. The number of ketones is 1. The van der Waals surface area contributed by atoms with Gasteiger partial charge in [-0.15, -0.1) is 10.2 Å². The third-order valence-corrected chi connectivity index (χ3v) is 7.51. The molecule has 0 bridgehead atoms. The Balaban J connectivity index is 1.60. The summed E-state index contributed by atoms with van der Waals surface area (Å²) >= 11 is 1.27. The zero-order valence-corrected chi connectivity index (χ0v) is 22.0. The molecule has 36 heavy (non-hydrogen) atoms. The topological polar surface area (TPSA) is 93.1 Å². The number of halogens is 1. The minimum atomic E-state index is -0.442. The molecule has 1 fully saturated rings. The molecule has 1 aliphatic heterocycles. The van der Waals surface area contributed by atoms with Crippen molar-refractivity contribution in [2.75, 3.05) is 25.4 Å². The zero-order chi connectivity index (χ0) is 25.8. The maximum Gasteiger partial charge on any atom is 0.340 e. The van der Waals surface area contributed by atoms with E-state index in [-0.39, 0.29) is 30.0 Å². The molecular formula is C26H32FN5O3S. The average Bonchev–Trinajstić information content (AvgIpc) is 3.43. The molecule has 4 rings (SSSR count). The summed E-state index contributed by atoms with van der Waals surface area (Å²) in [4.78, 5) is 30.9. The van der Waals surface area contributed by atoms with Crippen molar-refractivity contribution in [1.29, 1.82) is 0 Å². The SMILES string of the molecule is CCOC(=O)c1c(C)[nH]c(C(=O)CSc2nnc(C(C)N3CCCCC3)n2-c2ccc(F)cc2)c1C. The molecular weight excluding hydrogens is 481 g/mol. The molecule has 2 aromatic heterocycles. The molecule has 1 atom stereocenters. The van der Waals surface area contributed by atoms with Crippen LogP contribution in [-0.2, 0) is 4.74 Å². The molecule has 10 heteroatoms. The predicted molar refractivity (Wildman–Crippen MR) is 136 cm³/mol. The van der Waals surface area contributed by atoms with E-state index in [1.54, 1.807) is 32.9 Å². The Morgan fingerprint density at radius 3 is 2.50 bits per heavy atom. The fraction of sp³-hybridized carbons (Fsp3) is 0.462. The minimum absolute atomic E-state index is 0.0216. The summed E-state index contributed by atoms with van der Waals surface area (Å²) in [5, 5.41) is 9.47. The Hall–Kier alpha value is -2.98. The van der Waals surface area contributed by atoms with Crippen molar-refractivity contribution in [2.45, 2.75) is 58.2 Å². The molecule has 3 aromatic rings. The number of carbonyl (C=O) groups is 2. The molecule has 1 unspecified atom stereocenters. The minimum Gasteiger partial charge on any atom is -0.462 e. The second-order valence-electron chi connectivity index (χ2n) is 8.98. The summed E-state index contributed by atoms with van der Waals surface area (Å²) in [6, 6.07) is 6.23. The number of esters is 1. The number of benzene rings is 1. The quantitative estimate of drug-likeness (QED) is 0.243. The van der Waals surface area contributed by atoms with Gasteiger partial charge in [0, 0.05) is 11.4 Å². The second kappa shape index (κ2) is 11.4. The van der Waals surface area contributed by atoms with E-state index < -0.39 is 5.97 Å². The van der Waals surface area contributed by atoms with Gasteiger partial charge < -0.3 is 9.72 Å². The first-order valence-corrected chi connectivity index (χ1v) is 13.3. The number of ether oxygens (including phenoxy) is 1. The predicted octanol–water partition coefficient (Wildman–Crippen LogP) is 5.05. The van der Waals surface area contributed by atoms with Crippen molar-refractivity contribution in [3.05, 3.63) is 58.4 Å². The van der Waals surface area contributed by atoms with E-state index in [1.165, 1.54) is 30.3 Å². The van der Waals surface area contributed by atoms with Crippen molar-refractivity contribution in [3.63, 3.8) is 0 Å². The fourth-order valence-electron chi connectivity index (χ4n) is 4.69. The molecule has 1 aromatic carbocycles. The molecule has 1 N–H and O–H groups in total. The van der Waals surface area contributed by atoms with Crippen LogP contribution in [-0.4, -0.2) is 61.9 Å². The van der Waals surface area contributed by atoms with E-state index in [9.17, 15) is 14.0 Å². The molecule has 1 aliphatic rings. The number of piperidine rings is 1. The van der Waals surface area contributed by atoms with Gasteiger partial charge in [0.15, 0.2) is 16.8 Å². The number of nitrogens with zero attached hydrogens (tertiary/aromatic N) is 4. The molecule has 0 saturated carbocycles. The number of aryl methyl sites for hydroxylation is 1. The van der Waals surface area contributed by atoms with Crippen molar-refractivity contribution < 1.29 is 18.7 Å². The number of rotatable bonds is 9. The molecule has 0 spiro atoms. The standard InChI is InChI=1S/C26H32FN5O3S/c1-5-35-25(34)22-16(2)23(28-17(22)3)21(33)15-36-26-30-29-24(18(4)31-13-7-6-8-14-31)32(26)20-11-9-19(27)10-12-20/h9-12,18,28H,5-8,13-15H2,1-4H3. The average molecular weight is 514 g/mol. The van der Waals surface area contributed by atoms with Crippen molar-refractivity contribution in [2.24, 2.45) is 0 Å². The molecule has 3 heterocycles. The number of thioether (sulfide) groups is 1. The lowest BCUT2D eigenvalue weighted by molar-refractivity contribution is 0.0525. The molecule has 0 radical (unpaired) electrons. The third-order valence-electron chi connectivity index (χ3n) is 6.58. The number of nitrogens with one attached hydrogen (secondary N) is 1. The Labute approximate surface area is 214 Å². The Bertz CT molecular complexity index is 1230. The van der Waals surface area contributed by atoms with Gasteiger partial charge in [-0.3, -0.25) is 14.3 Å². The van der Waals surface area contributed by atoms with Gasteiger partial charge in [-0.05, 0) is 83.5 Å². The molecule has 1 saturated heterocycles. The van der Waals surface area contributed by atoms with E-state index >= 15 is 0 Å². The summed E-state index contributed by atoms with van der Waals surface area (Å²) in [5.74, 6) is -0.0643. The van der Waals surface area contributed by atoms with Crippen LogP contribution in [0.4, 0.5) is 4.39 Å². The van der Waals surface area contributed by atoms with Crippen LogP contribution < -0.4 is 0 Å². The highest BCUT2D eigenvalue weighted by Crippen LogP contribution is 2.30. The normalized spacial score (nSPS) is 15.1. The number of Topliss-reactive ketones (excluding diaryl/α,β-unsaturated/α-hetero) is 1. The number of H-pyrrole nitrogens is 1. The van der Waals surface area contributed by atoms with Gasteiger partial charge in [-0.1, -0.05) is 18.2 Å². The van der Waals surface area contributed by atoms with Gasteiger partial charge in [0.1, 0.15) is 5.82 Å². The van der Waals surface area contributed by atoms with Crippen molar-refractivity contribution in [3.8, 4) is 5.69 Å². The number of hydrogen-bond donors (Lipinski definition) is 1. The van der Waals surface area contributed by atoms with Crippen LogP contribution >= 0.6 is 11.8 Å². The summed E-state index contributed by atoms with van der Waals surface area (Å²) in [5.41, 5.74) is 2.71. The molecule has 0 aliphatic carbocycles. The van der Waals surface area contributed by atoms with Crippen LogP contribution in [0.5, 0.6) is 0 Å². The summed E-state index contributed by atoms with van der Waals surface area (Å²) in [6.07, 6.45) is 3.52. The summed E-state index contributed by atoms with van der Waals surface area (Å²) in [6.45, 7) is 9.60. The lowest BCUT2D eigenvalue weighted by Crippen LogP contribution is -2.33. The Kier molecular flexibility index (Phi) is 8.25. The largest absolute Gasteiger partial charge is 0.462 e. The monoisotopic (exact) mass is 513 g/mol. The first-order valence-electron chi connectivity index (χ1n) is 12.3. The number of hydrogen-bond acceptors (Lipinski definition) is 7. The lowest BCUT2D eigenvalue weighted by atomic mass is 10.1. The number of aromatic nitrogens is 4. The van der Waals surface area contributed by atoms with Crippen LogP contribution in [0.2, 0.25) is 0 Å². The highest BCUT2D eigenvalue weighted by molar-refractivity contribution is 7.99. The van der Waals surface area contributed by atoms with Gasteiger partial charge >= 0.3 is 5.97 Å². The number of aromatic amines is 1.